The number of nitrogens with one attached hydrogen (secondary N) is 2. The number of likely N-dealkylation sites (N-methyl/N-ethyl adjacent to an activating group) is 1. The number of aliphatic hydroxyl groups excluding tert-OH is 1. The Hall–Kier alpha value is -4.53. The van der Waals surface area contributed by atoms with Crippen LogP contribution in [0.1, 0.15) is 50.4 Å². The molecule has 0 spiro atoms. The average molecular weight is 727 g/mol. The minimum Gasteiger partial charge on any atom is -0.497 e. The van der Waals surface area contributed by atoms with Crippen LogP contribution in [0.15, 0.2) is 71.6 Å². The molecule has 0 bridgehead atoms. The van der Waals surface area contributed by atoms with Crippen LogP contribution in [-0.2, 0) is 14.8 Å². The normalized spacial score (nSPS) is 19.5. The molecule has 3 N–H and O–H groups in total. The van der Waals surface area contributed by atoms with E-state index in [-0.39, 0.29) is 53.9 Å². The van der Waals surface area contributed by atoms with Gasteiger partial charge in [-0.1, -0.05) is 6.92 Å². The van der Waals surface area contributed by atoms with Gasteiger partial charge in [-0.2, -0.15) is 0 Å². The molecule has 0 saturated carbocycles. The fourth-order valence-corrected chi connectivity index (χ4v) is 6.71. The predicted octanol–water partition coefficient (Wildman–Crippen LogP) is 5.46. The second kappa shape index (κ2) is 18.1. The van der Waals surface area contributed by atoms with Gasteiger partial charge in [0, 0.05) is 44.0 Å². The summed E-state index contributed by atoms with van der Waals surface area (Å²) in [5, 5.41) is 13.1. The van der Waals surface area contributed by atoms with Crippen molar-refractivity contribution in [3.8, 4) is 17.2 Å². The highest BCUT2D eigenvalue weighted by molar-refractivity contribution is 7.92. The molecule has 0 saturated heterocycles. The number of urea groups is 1. The topological polar surface area (TPSA) is 156 Å². The highest BCUT2D eigenvalue weighted by atomic mass is 32.2. The lowest BCUT2D eigenvalue weighted by molar-refractivity contribution is -0.0115. The van der Waals surface area contributed by atoms with E-state index in [9.17, 15) is 23.1 Å². The van der Waals surface area contributed by atoms with Gasteiger partial charge in [0.2, 0.25) is 0 Å². The Labute approximate surface area is 300 Å². The molecule has 0 unspecified atom stereocenters. The lowest BCUT2D eigenvalue weighted by Crippen LogP contribution is -2.48. The van der Waals surface area contributed by atoms with Crippen LogP contribution in [0.3, 0.4) is 0 Å². The first-order chi connectivity index (χ1) is 24.3. The number of carbonyl (C=O) groups excluding carboxylic acids is 2. The zero-order valence-corrected chi connectivity index (χ0v) is 30.9. The fourth-order valence-electron chi connectivity index (χ4n) is 5.66. The van der Waals surface area contributed by atoms with Crippen molar-refractivity contribution in [2.24, 2.45) is 5.92 Å². The SMILES string of the molecule is COc1ccc(NC(=O)N(C)C[C@@H]2OCCCC[C@@H](C)Oc3ccc(NS(=O)(=O)c4ccc(OC)cc4)cc3C(=O)N([C@@H](C)CO)C[C@H]2C)cc1. The van der Waals surface area contributed by atoms with Gasteiger partial charge in [0.1, 0.15) is 17.2 Å². The summed E-state index contributed by atoms with van der Waals surface area (Å²) in [6.45, 7) is 6.14. The number of methoxy groups -OCH3 is 2. The Balaban J connectivity index is 1.61. The molecule has 14 heteroatoms. The van der Waals surface area contributed by atoms with Gasteiger partial charge >= 0.3 is 6.03 Å². The molecule has 3 aromatic rings. The van der Waals surface area contributed by atoms with Gasteiger partial charge in [-0.15, -0.1) is 0 Å². The second-order valence-electron chi connectivity index (χ2n) is 12.8. The van der Waals surface area contributed by atoms with E-state index >= 15 is 0 Å². The first-order valence-corrected chi connectivity index (χ1v) is 18.5. The highest BCUT2D eigenvalue weighted by Crippen LogP contribution is 2.30. The first-order valence-electron chi connectivity index (χ1n) is 17.0. The minimum absolute atomic E-state index is 0.0256. The molecule has 0 aliphatic carbocycles. The molecular weight excluding hydrogens is 676 g/mol. The van der Waals surface area contributed by atoms with Crippen molar-refractivity contribution in [3.63, 3.8) is 0 Å². The lowest BCUT2D eigenvalue weighted by Gasteiger charge is -2.35. The van der Waals surface area contributed by atoms with Crippen molar-refractivity contribution >= 4 is 33.3 Å². The van der Waals surface area contributed by atoms with E-state index in [1.807, 2.05) is 13.8 Å². The van der Waals surface area contributed by atoms with Crippen molar-refractivity contribution in [2.75, 3.05) is 57.6 Å². The van der Waals surface area contributed by atoms with Crippen LogP contribution in [0, 0.1) is 5.92 Å². The number of anilines is 2. The molecular formula is C37H50N4O9S. The van der Waals surface area contributed by atoms with Crippen molar-refractivity contribution in [2.45, 2.75) is 63.2 Å². The molecule has 4 atom stereocenters. The summed E-state index contributed by atoms with van der Waals surface area (Å²) in [6.07, 6.45) is 1.54. The van der Waals surface area contributed by atoms with Crippen molar-refractivity contribution < 1.29 is 42.1 Å². The Morgan fingerprint density at radius 2 is 1.63 bits per heavy atom. The summed E-state index contributed by atoms with van der Waals surface area (Å²) in [7, 11) is 0.746. The Bertz CT molecular complexity index is 1700. The molecule has 278 valence electrons. The molecule has 0 radical (unpaired) electrons. The Morgan fingerprint density at radius 3 is 2.25 bits per heavy atom. The molecule has 3 aromatic carbocycles. The standard InChI is InChI=1S/C37H50N4O9S/c1-25-22-41(26(2)24-42)36(43)33-21-29(39-51(45,46)32-17-15-31(48-6)16-18-32)12-19-34(33)50-27(3)9-7-8-20-49-35(25)23-40(4)37(44)38-28-10-13-30(47-5)14-11-28/h10-19,21,25-27,35,39,42H,7-9,20,22-24H2,1-6H3,(H,38,44)/t25-,26+,27-,35+/m1/s1. The van der Waals surface area contributed by atoms with Crippen molar-refractivity contribution in [1.29, 1.82) is 0 Å². The third-order valence-electron chi connectivity index (χ3n) is 8.82. The van der Waals surface area contributed by atoms with Gasteiger partial charge in [-0.25, -0.2) is 13.2 Å². The number of ether oxygens (including phenoxy) is 4. The number of amides is 3. The summed E-state index contributed by atoms with van der Waals surface area (Å²) < 4.78 is 52.1. The molecule has 3 amide bonds. The molecule has 1 heterocycles. The first kappa shape index (κ1) is 39.3. The zero-order chi connectivity index (χ0) is 37.1. The number of benzene rings is 3. The maximum atomic E-state index is 14.4. The number of carbonyl (C=O) groups is 2. The fraction of sp³-hybridized carbons (Fsp3) is 0.459. The highest BCUT2D eigenvalue weighted by Gasteiger charge is 2.31. The third kappa shape index (κ3) is 10.7. The summed E-state index contributed by atoms with van der Waals surface area (Å²) >= 11 is 0. The van der Waals surface area contributed by atoms with Crippen LogP contribution < -0.4 is 24.2 Å². The number of fused-ring (bicyclic) bond motifs is 1. The van der Waals surface area contributed by atoms with Crippen LogP contribution >= 0.6 is 0 Å². The van der Waals surface area contributed by atoms with E-state index in [1.165, 1.54) is 25.3 Å². The summed E-state index contributed by atoms with van der Waals surface area (Å²) in [4.78, 5) is 30.7. The van der Waals surface area contributed by atoms with E-state index in [2.05, 4.69) is 10.0 Å². The Morgan fingerprint density at radius 1 is 1.00 bits per heavy atom. The lowest BCUT2D eigenvalue weighted by atomic mass is 10.0. The minimum atomic E-state index is -4.01. The van der Waals surface area contributed by atoms with Crippen LogP contribution in [-0.4, -0.2) is 101 Å². The van der Waals surface area contributed by atoms with Gasteiger partial charge in [-0.3, -0.25) is 9.52 Å². The van der Waals surface area contributed by atoms with Gasteiger partial charge in [0.25, 0.3) is 15.9 Å². The number of nitrogens with zero attached hydrogens (tertiary/aromatic N) is 2. The summed E-state index contributed by atoms with van der Waals surface area (Å²) in [6, 6.07) is 16.7. The van der Waals surface area contributed by atoms with E-state index < -0.39 is 28.1 Å². The summed E-state index contributed by atoms with van der Waals surface area (Å²) in [5.74, 6) is 0.775. The molecule has 51 heavy (non-hydrogen) atoms. The van der Waals surface area contributed by atoms with Gasteiger partial charge in [0.15, 0.2) is 0 Å². The number of aliphatic hydroxyl groups is 1. The smallest absolute Gasteiger partial charge is 0.321 e. The Kier molecular flexibility index (Phi) is 13.9. The van der Waals surface area contributed by atoms with Crippen molar-refractivity contribution in [3.05, 3.63) is 72.3 Å². The number of hydrogen-bond donors (Lipinski definition) is 3. The molecule has 4 rings (SSSR count). The van der Waals surface area contributed by atoms with Crippen LogP contribution in [0.25, 0.3) is 0 Å². The molecule has 0 aromatic heterocycles. The van der Waals surface area contributed by atoms with E-state index in [0.29, 0.717) is 36.0 Å². The van der Waals surface area contributed by atoms with Crippen LogP contribution in [0.2, 0.25) is 0 Å². The van der Waals surface area contributed by atoms with E-state index in [1.54, 1.807) is 79.4 Å². The van der Waals surface area contributed by atoms with Crippen LogP contribution in [0.4, 0.5) is 16.2 Å². The zero-order valence-electron chi connectivity index (χ0n) is 30.1. The monoisotopic (exact) mass is 726 g/mol. The second-order valence-corrected chi connectivity index (χ2v) is 14.5. The van der Waals surface area contributed by atoms with Crippen LogP contribution in [0.5, 0.6) is 17.2 Å². The van der Waals surface area contributed by atoms with Gasteiger partial charge in [-0.05, 0) is 99.8 Å². The van der Waals surface area contributed by atoms with E-state index in [4.69, 9.17) is 18.9 Å². The molecule has 1 aliphatic heterocycles. The third-order valence-corrected chi connectivity index (χ3v) is 10.2. The van der Waals surface area contributed by atoms with E-state index in [0.717, 1.165) is 12.8 Å². The summed E-state index contributed by atoms with van der Waals surface area (Å²) in [5.41, 5.74) is 0.933. The average Bonchev–Trinajstić information content (AvgIpc) is 3.12. The van der Waals surface area contributed by atoms with Crippen molar-refractivity contribution in [1.82, 2.24) is 9.80 Å². The number of rotatable bonds is 10. The van der Waals surface area contributed by atoms with Gasteiger partial charge in [0.05, 0.1) is 49.5 Å². The molecule has 0 fully saturated rings. The molecule has 13 nitrogen and oxygen atoms in total. The largest absolute Gasteiger partial charge is 0.497 e. The maximum absolute atomic E-state index is 14.4. The maximum Gasteiger partial charge on any atom is 0.321 e. The molecule has 1 aliphatic rings. The quantitative estimate of drug-likeness (QED) is 0.247. The predicted molar refractivity (Wildman–Crippen MR) is 195 cm³/mol. The number of hydrogen-bond acceptors (Lipinski definition) is 9. The number of sulfonamides is 1. The van der Waals surface area contributed by atoms with Gasteiger partial charge < -0.3 is 39.2 Å².